The van der Waals surface area contributed by atoms with Crippen LogP contribution in [0.25, 0.3) is 6.08 Å². The van der Waals surface area contributed by atoms with E-state index >= 15 is 0 Å². The van der Waals surface area contributed by atoms with Crippen LogP contribution in [0.4, 0.5) is 11.4 Å². The van der Waals surface area contributed by atoms with Crippen LogP contribution in [0.3, 0.4) is 0 Å². The lowest BCUT2D eigenvalue weighted by Gasteiger charge is -2.00. The minimum atomic E-state index is 0.194. The first kappa shape index (κ1) is 12.0. The molecular formula is C15H14N2O. The molecule has 0 unspecified atom stereocenters. The Morgan fingerprint density at radius 1 is 1.06 bits per heavy atom. The number of phenolic OH excluding ortho intramolecular Hbond substituents is 1. The van der Waals surface area contributed by atoms with E-state index in [9.17, 15) is 5.11 Å². The highest BCUT2D eigenvalue weighted by atomic mass is 16.3. The minimum absolute atomic E-state index is 0.194. The molecule has 3 heteroatoms. The number of nitrogens with zero attached hydrogens (tertiary/aromatic N) is 2. The highest BCUT2D eigenvalue weighted by Crippen LogP contribution is 2.26. The van der Waals surface area contributed by atoms with Crippen molar-refractivity contribution in [1.82, 2.24) is 0 Å². The van der Waals surface area contributed by atoms with E-state index in [0.717, 1.165) is 11.3 Å². The Labute approximate surface area is 106 Å². The molecule has 0 bridgehead atoms. The summed E-state index contributed by atoms with van der Waals surface area (Å²) in [6.07, 6.45) is 1.64. The quantitative estimate of drug-likeness (QED) is 0.770. The smallest absolute Gasteiger partial charge is 0.116 e. The second-order valence-electron chi connectivity index (χ2n) is 3.98. The lowest BCUT2D eigenvalue weighted by Crippen LogP contribution is -1.74. The van der Waals surface area contributed by atoms with Gasteiger partial charge in [0.25, 0.3) is 0 Å². The summed E-state index contributed by atoms with van der Waals surface area (Å²) in [6, 6.07) is 12.7. The van der Waals surface area contributed by atoms with Crippen molar-refractivity contribution < 1.29 is 5.11 Å². The third-order valence-electron chi connectivity index (χ3n) is 2.54. The average Bonchev–Trinajstić information content (AvgIpc) is 2.39. The molecule has 0 spiro atoms. The van der Waals surface area contributed by atoms with E-state index in [4.69, 9.17) is 0 Å². The van der Waals surface area contributed by atoms with E-state index in [-0.39, 0.29) is 5.75 Å². The van der Waals surface area contributed by atoms with Crippen LogP contribution < -0.4 is 0 Å². The third-order valence-corrected chi connectivity index (χ3v) is 2.54. The van der Waals surface area contributed by atoms with Gasteiger partial charge in [0, 0.05) is 5.56 Å². The van der Waals surface area contributed by atoms with E-state index in [1.54, 1.807) is 24.3 Å². The van der Waals surface area contributed by atoms with Crippen molar-refractivity contribution in [2.75, 3.05) is 0 Å². The minimum Gasteiger partial charge on any atom is -0.508 e. The third kappa shape index (κ3) is 2.83. The van der Waals surface area contributed by atoms with Gasteiger partial charge in [-0.25, -0.2) is 0 Å². The molecule has 2 aromatic carbocycles. The molecule has 0 aliphatic rings. The zero-order chi connectivity index (χ0) is 13.0. The van der Waals surface area contributed by atoms with Gasteiger partial charge in [0.2, 0.25) is 0 Å². The normalized spacial score (nSPS) is 10.7. The van der Waals surface area contributed by atoms with Crippen LogP contribution in [0.1, 0.15) is 11.1 Å². The monoisotopic (exact) mass is 238 g/mol. The predicted octanol–water partition coefficient (Wildman–Crippen LogP) is 4.76. The van der Waals surface area contributed by atoms with Crippen LogP contribution in [0.5, 0.6) is 5.75 Å². The van der Waals surface area contributed by atoms with Crippen LogP contribution in [0.15, 0.2) is 59.3 Å². The number of rotatable bonds is 3. The molecule has 0 aromatic heterocycles. The first-order valence-corrected chi connectivity index (χ1v) is 5.63. The first-order valence-electron chi connectivity index (χ1n) is 5.63. The predicted molar refractivity (Wildman–Crippen MR) is 73.6 cm³/mol. The second kappa shape index (κ2) is 5.27. The van der Waals surface area contributed by atoms with Crippen LogP contribution in [0.2, 0.25) is 0 Å². The molecule has 1 N–H and O–H groups in total. The van der Waals surface area contributed by atoms with Gasteiger partial charge in [-0.2, -0.15) is 5.11 Å². The standard InChI is InChI=1S/C15H14N2O/c1-3-12-10-14(18)8-9-15(12)17-16-13-6-4-11(2)5-7-13/h3-10,18H,1H2,2H3. The molecule has 90 valence electrons. The Morgan fingerprint density at radius 2 is 1.78 bits per heavy atom. The SMILES string of the molecule is C=Cc1cc(O)ccc1N=Nc1ccc(C)cc1. The Bertz CT molecular complexity index is 586. The fraction of sp³-hybridized carbons (Fsp3) is 0.0667. The molecule has 0 heterocycles. The van der Waals surface area contributed by atoms with E-state index in [2.05, 4.69) is 16.8 Å². The molecule has 2 rings (SSSR count). The molecule has 0 saturated carbocycles. The molecule has 0 radical (unpaired) electrons. The Hall–Kier alpha value is -2.42. The fourth-order valence-corrected chi connectivity index (χ4v) is 1.52. The van der Waals surface area contributed by atoms with Crippen LogP contribution >= 0.6 is 0 Å². The summed E-state index contributed by atoms with van der Waals surface area (Å²) in [5.74, 6) is 0.194. The van der Waals surface area contributed by atoms with Crippen molar-refractivity contribution in [2.24, 2.45) is 10.2 Å². The van der Waals surface area contributed by atoms with Gasteiger partial charge in [0.05, 0.1) is 11.4 Å². The zero-order valence-electron chi connectivity index (χ0n) is 10.2. The zero-order valence-corrected chi connectivity index (χ0v) is 10.2. The van der Waals surface area contributed by atoms with Crippen LogP contribution in [-0.4, -0.2) is 5.11 Å². The lowest BCUT2D eigenvalue weighted by atomic mass is 10.2. The van der Waals surface area contributed by atoms with Gasteiger partial charge in [0.15, 0.2) is 0 Å². The lowest BCUT2D eigenvalue weighted by molar-refractivity contribution is 0.475. The number of benzene rings is 2. The van der Waals surface area contributed by atoms with Gasteiger partial charge in [0.1, 0.15) is 5.75 Å². The summed E-state index contributed by atoms with van der Waals surface area (Å²) in [7, 11) is 0. The Kier molecular flexibility index (Phi) is 3.53. The molecule has 2 aromatic rings. The van der Waals surface area contributed by atoms with Crippen LogP contribution in [0, 0.1) is 6.92 Å². The molecule has 0 atom stereocenters. The molecule has 0 aliphatic carbocycles. The highest BCUT2D eigenvalue weighted by Gasteiger charge is 1.99. The van der Waals surface area contributed by atoms with Crippen molar-refractivity contribution in [3.05, 3.63) is 60.2 Å². The van der Waals surface area contributed by atoms with E-state index in [1.165, 1.54) is 5.56 Å². The number of hydrogen-bond acceptors (Lipinski definition) is 3. The van der Waals surface area contributed by atoms with Gasteiger partial charge < -0.3 is 5.11 Å². The molecule has 18 heavy (non-hydrogen) atoms. The first-order chi connectivity index (χ1) is 8.69. The van der Waals surface area contributed by atoms with Crippen molar-refractivity contribution in [1.29, 1.82) is 0 Å². The van der Waals surface area contributed by atoms with Gasteiger partial charge in [-0.15, -0.1) is 5.11 Å². The summed E-state index contributed by atoms with van der Waals surface area (Å²) in [5.41, 5.74) is 3.42. The summed E-state index contributed by atoms with van der Waals surface area (Å²) < 4.78 is 0. The second-order valence-corrected chi connectivity index (χ2v) is 3.98. The summed E-state index contributed by atoms with van der Waals surface area (Å²) in [6.45, 7) is 5.71. The number of aryl methyl sites for hydroxylation is 1. The van der Waals surface area contributed by atoms with Gasteiger partial charge in [-0.1, -0.05) is 30.4 Å². The molecular weight excluding hydrogens is 224 g/mol. The molecule has 0 amide bonds. The summed E-state index contributed by atoms with van der Waals surface area (Å²) in [4.78, 5) is 0. The number of azo groups is 1. The van der Waals surface area contributed by atoms with E-state index in [1.807, 2.05) is 31.2 Å². The number of hydrogen-bond donors (Lipinski definition) is 1. The average molecular weight is 238 g/mol. The Balaban J connectivity index is 2.28. The molecule has 0 saturated heterocycles. The van der Waals surface area contributed by atoms with Crippen LogP contribution in [-0.2, 0) is 0 Å². The van der Waals surface area contributed by atoms with Crippen molar-refractivity contribution in [2.45, 2.75) is 6.92 Å². The molecule has 3 nitrogen and oxygen atoms in total. The maximum atomic E-state index is 9.36. The van der Waals surface area contributed by atoms with Gasteiger partial charge >= 0.3 is 0 Å². The Morgan fingerprint density at radius 3 is 2.44 bits per heavy atom. The maximum Gasteiger partial charge on any atom is 0.116 e. The van der Waals surface area contributed by atoms with Gasteiger partial charge in [-0.3, -0.25) is 0 Å². The van der Waals surface area contributed by atoms with Gasteiger partial charge in [-0.05, 0) is 37.3 Å². The fourth-order valence-electron chi connectivity index (χ4n) is 1.52. The molecule has 0 aliphatic heterocycles. The largest absolute Gasteiger partial charge is 0.508 e. The molecule has 0 fully saturated rings. The summed E-state index contributed by atoms with van der Waals surface area (Å²) >= 11 is 0. The van der Waals surface area contributed by atoms with Crippen molar-refractivity contribution in [3.8, 4) is 5.75 Å². The van der Waals surface area contributed by atoms with Crippen molar-refractivity contribution >= 4 is 17.5 Å². The van der Waals surface area contributed by atoms with E-state index in [0.29, 0.717) is 5.69 Å². The maximum absolute atomic E-state index is 9.36. The topological polar surface area (TPSA) is 45.0 Å². The number of aromatic hydroxyl groups is 1. The highest BCUT2D eigenvalue weighted by molar-refractivity contribution is 5.64. The van der Waals surface area contributed by atoms with E-state index < -0.39 is 0 Å². The van der Waals surface area contributed by atoms with Crippen molar-refractivity contribution in [3.63, 3.8) is 0 Å². The number of phenols is 1. The summed E-state index contributed by atoms with van der Waals surface area (Å²) in [5, 5.41) is 17.7.